The molecule has 1 aromatic carbocycles. The number of amides is 1. The normalized spacial score (nSPS) is 24.9. The molecule has 1 amide bonds. The molecule has 4 rings (SSSR count). The topological polar surface area (TPSA) is 97.4 Å². The highest BCUT2D eigenvalue weighted by atomic mass is 16.6. The van der Waals surface area contributed by atoms with Crippen LogP contribution in [0.15, 0.2) is 40.8 Å². The van der Waals surface area contributed by atoms with Crippen LogP contribution in [-0.4, -0.2) is 29.0 Å². The zero-order valence-corrected chi connectivity index (χ0v) is 12.9. The van der Waals surface area contributed by atoms with Crippen LogP contribution in [0.25, 0.3) is 11.3 Å². The van der Waals surface area contributed by atoms with Gasteiger partial charge in [-0.25, -0.2) is 0 Å². The Hall–Kier alpha value is -2.67. The van der Waals surface area contributed by atoms with Crippen LogP contribution in [0.4, 0.5) is 5.69 Å². The Morgan fingerprint density at radius 1 is 1.25 bits per heavy atom. The summed E-state index contributed by atoms with van der Waals surface area (Å²) in [6.07, 6.45) is 3.18. The first-order chi connectivity index (χ1) is 11.6. The lowest BCUT2D eigenvalue weighted by Gasteiger charge is -2.20. The van der Waals surface area contributed by atoms with E-state index in [4.69, 9.17) is 4.42 Å². The smallest absolute Gasteiger partial charge is 0.287 e. The molecule has 2 aromatic rings. The van der Waals surface area contributed by atoms with Crippen LogP contribution in [0.3, 0.4) is 0 Å². The SMILES string of the molecule is O=C(N[C@@H]1C[C@@H]2CC[C@@H]1N2)c1ccc(-c2ccccc2[N+](=O)[O-])o1. The number of furan rings is 1. The number of rotatable bonds is 4. The van der Waals surface area contributed by atoms with Crippen molar-refractivity contribution >= 4 is 11.6 Å². The van der Waals surface area contributed by atoms with E-state index < -0.39 is 4.92 Å². The Bertz CT molecular complexity index is 801. The van der Waals surface area contributed by atoms with Crippen LogP contribution in [0, 0.1) is 10.1 Å². The molecule has 3 atom stereocenters. The first-order valence-electron chi connectivity index (χ1n) is 8.02. The zero-order valence-electron chi connectivity index (χ0n) is 12.9. The summed E-state index contributed by atoms with van der Waals surface area (Å²) in [4.78, 5) is 23.0. The Morgan fingerprint density at radius 2 is 2.08 bits per heavy atom. The number of nitrogens with one attached hydrogen (secondary N) is 2. The van der Waals surface area contributed by atoms with Gasteiger partial charge < -0.3 is 15.1 Å². The summed E-state index contributed by atoms with van der Waals surface area (Å²) in [6, 6.07) is 10.4. The van der Waals surface area contributed by atoms with E-state index in [0.29, 0.717) is 23.4 Å². The molecule has 2 fully saturated rings. The largest absolute Gasteiger partial charge is 0.451 e. The number of nitro groups is 1. The molecule has 0 aliphatic carbocycles. The van der Waals surface area contributed by atoms with Gasteiger partial charge in [0.05, 0.1) is 10.5 Å². The lowest BCUT2D eigenvalue weighted by Crippen LogP contribution is -2.42. The molecule has 124 valence electrons. The fourth-order valence-electron chi connectivity index (χ4n) is 3.67. The molecule has 0 radical (unpaired) electrons. The van der Waals surface area contributed by atoms with Gasteiger partial charge in [-0.05, 0) is 37.5 Å². The molecule has 7 heteroatoms. The fourth-order valence-corrected chi connectivity index (χ4v) is 3.67. The molecule has 7 nitrogen and oxygen atoms in total. The molecule has 0 spiro atoms. The van der Waals surface area contributed by atoms with Crippen molar-refractivity contribution in [2.24, 2.45) is 0 Å². The van der Waals surface area contributed by atoms with Gasteiger partial charge in [0.1, 0.15) is 5.76 Å². The van der Waals surface area contributed by atoms with Gasteiger partial charge in [-0.15, -0.1) is 0 Å². The van der Waals surface area contributed by atoms with E-state index in [1.807, 2.05) is 0 Å². The second-order valence-corrected chi connectivity index (χ2v) is 6.30. The molecule has 2 aliphatic heterocycles. The fraction of sp³-hybridized carbons (Fsp3) is 0.353. The van der Waals surface area contributed by atoms with Gasteiger partial charge in [0, 0.05) is 24.2 Å². The minimum absolute atomic E-state index is 0.0453. The van der Waals surface area contributed by atoms with Crippen molar-refractivity contribution in [3.05, 3.63) is 52.3 Å². The predicted octanol–water partition coefficient (Wildman–Crippen LogP) is 2.48. The molecule has 2 saturated heterocycles. The number of nitrogens with zero attached hydrogens (tertiary/aromatic N) is 1. The molecule has 0 saturated carbocycles. The molecular formula is C17H17N3O4. The molecule has 3 heterocycles. The number of hydrogen-bond acceptors (Lipinski definition) is 5. The third-order valence-electron chi connectivity index (χ3n) is 4.81. The maximum atomic E-state index is 12.4. The minimum Gasteiger partial charge on any atom is -0.451 e. The van der Waals surface area contributed by atoms with Crippen LogP contribution in [0.2, 0.25) is 0 Å². The minimum atomic E-state index is -0.460. The Morgan fingerprint density at radius 3 is 2.79 bits per heavy atom. The van der Waals surface area contributed by atoms with Crippen molar-refractivity contribution in [2.75, 3.05) is 0 Å². The van der Waals surface area contributed by atoms with Crippen molar-refractivity contribution in [2.45, 2.75) is 37.4 Å². The number of carbonyl (C=O) groups is 1. The third kappa shape index (κ3) is 2.56. The number of benzene rings is 1. The van der Waals surface area contributed by atoms with E-state index in [-0.39, 0.29) is 23.4 Å². The van der Waals surface area contributed by atoms with Gasteiger partial charge in [-0.2, -0.15) is 0 Å². The first kappa shape index (κ1) is 14.9. The Kier molecular flexibility index (Phi) is 3.57. The van der Waals surface area contributed by atoms with E-state index in [2.05, 4.69) is 10.6 Å². The number of para-hydroxylation sites is 1. The third-order valence-corrected chi connectivity index (χ3v) is 4.81. The highest BCUT2D eigenvalue weighted by Gasteiger charge is 2.40. The van der Waals surface area contributed by atoms with E-state index in [9.17, 15) is 14.9 Å². The summed E-state index contributed by atoms with van der Waals surface area (Å²) in [7, 11) is 0. The summed E-state index contributed by atoms with van der Waals surface area (Å²) in [6.45, 7) is 0. The first-order valence-corrected chi connectivity index (χ1v) is 8.02. The summed E-state index contributed by atoms with van der Waals surface area (Å²) >= 11 is 0. The van der Waals surface area contributed by atoms with Gasteiger partial charge in [-0.1, -0.05) is 12.1 Å². The second-order valence-electron chi connectivity index (χ2n) is 6.30. The molecule has 2 aliphatic rings. The van der Waals surface area contributed by atoms with Gasteiger partial charge in [-0.3, -0.25) is 14.9 Å². The molecule has 2 N–H and O–H groups in total. The zero-order chi connectivity index (χ0) is 16.7. The van der Waals surface area contributed by atoms with E-state index in [1.165, 1.54) is 12.5 Å². The van der Waals surface area contributed by atoms with E-state index >= 15 is 0 Å². The average Bonchev–Trinajstić information content (AvgIpc) is 3.31. The number of fused-ring (bicyclic) bond motifs is 2. The number of hydrogen-bond donors (Lipinski definition) is 2. The van der Waals surface area contributed by atoms with Gasteiger partial charge >= 0.3 is 0 Å². The molecule has 1 aromatic heterocycles. The summed E-state index contributed by atoms with van der Waals surface area (Å²) in [5.41, 5.74) is 0.319. The molecule has 0 unspecified atom stereocenters. The lowest BCUT2D eigenvalue weighted by molar-refractivity contribution is -0.384. The second kappa shape index (κ2) is 5.76. The number of carbonyl (C=O) groups excluding carboxylic acids is 1. The van der Waals surface area contributed by atoms with Crippen molar-refractivity contribution in [1.29, 1.82) is 0 Å². The molecule has 24 heavy (non-hydrogen) atoms. The summed E-state index contributed by atoms with van der Waals surface area (Å²) < 4.78 is 5.58. The average molecular weight is 327 g/mol. The summed E-state index contributed by atoms with van der Waals surface area (Å²) in [5, 5.41) is 17.6. The summed E-state index contributed by atoms with van der Waals surface area (Å²) in [5.74, 6) is 0.212. The lowest BCUT2D eigenvalue weighted by atomic mass is 9.95. The molecular weight excluding hydrogens is 310 g/mol. The van der Waals surface area contributed by atoms with E-state index in [1.54, 1.807) is 30.3 Å². The van der Waals surface area contributed by atoms with Crippen LogP contribution >= 0.6 is 0 Å². The Balaban J connectivity index is 1.53. The predicted molar refractivity (Wildman–Crippen MR) is 86.6 cm³/mol. The molecule has 2 bridgehead atoms. The van der Waals surface area contributed by atoms with Crippen molar-refractivity contribution in [3.8, 4) is 11.3 Å². The number of nitro benzene ring substituents is 1. The van der Waals surface area contributed by atoms with Gasteiger partial charge in [0.2, 0.25) is 0 Å². The van der Waals surface area contributed by atoms with Gasteiger partial charge in [0.15, 0.2) is 5.76 Å². The van der Waals surface area contributed by atoms with Crippen LogP contribution in [0.5, 0.6) is 0 Å². The van der Waals surface area contributed by atoms with Crippen LogP contribution < -0.4 is 10.6 Å². The maximum Gasteiger partial charge on any atom is 0.287 e. The monoisotopic (exact) mass is 327 g/mol. The van der Waals surface area contributed by atoms with Crippen molar-refractivity contribution in [1.82, 2.24) is 10.6 Å². The van der Waals surface area contributed by atoms with Crippen molar-refractivity contribution in [3.63, 3.8) is 0 Å². The van der Waals surface area contributed by atoms with Gasteiger partial charge in [0.25, 0.3) is 11.6 Å². The quantitative estimate of drug-likeness (QED) is 0.664. The van der Waals surface area contributed by atoms with E-state index in [0.717, 1.165) is 12.8 Å². The highest BCUT2D eigenvalue weighted by molar-refractivity contribution is 5.92. The highest BCUT2D eigenvalue weighted by Crippen LogP contribution is 2.31. The maximum absolute atomic E-state index is 12.4. The van der Waals surface area contributed by atoms with Crippen molar-refractivity contribution < 1.29 is 14.1 Å². The Labute approximate surface area is 138 Å². The standard InChI is InChI=1S/C17H17N3O4/c21-17(19-13-9-10-5-6-12(13)18-10)16-8-7-15(24-16)11-3-1-2-4-14(11)20(22)23/h1-4,7-8,10,12-13,18H,5-6,9H2,(H,19,21)/t10-,12-,13+/m0/s1. The van der Waals surface area contributed by atoms with Crippen LogP contribution in [-0.2, 0) is 0 Å². The van der Waals surface area contributed by atoms with Crippen LogP contribution in [0.1, 0.15) is 29.8 Å².